The third-order valence-electron chi connectivity index (χ3n) is 2.12. The monoisotopic (exact) mass is 133 g/mol. The maximum atomic E-state index is 3.33. The standard InChI is InChI=1S/C9H11N/c1-9(7-10-9)8-5-3-2-4-6-8/h2-6,10H,7H2,1H3. The number of benzene rings is 1. The normalized spacial score (nSPS) is 30.1. The molecule has 0 amide bonds. The Bertz CT molecular complexity index is 224. The number of rotatable bonds is 1. The zero-order chi connectivity index (χ0) is 7.03. The van der Waals surface area contributed by atoms with Crippen LogP contribution in [-0.2, 0) is 5.54 Å². The van der Waals surface area contributed by atoms with Crippen LogP contribution in [-0.4, -0.2) is 6.54 Å². The minimum Gasteiger partial charge on any atom is -0.304 e. The molecule has 1 fully saturated rings. The highest BCUT2D eigenvalue weighted by atomic mass is 15.1. The Hall–Kier alpha value is -0.820. The van der Waals surface area contributed by atoms with Gasteiger partial charge in [0.05, 0.1) is 5.54 Å². The van der Waals surface area contributed by atoms with E-state index in [0.717, 1.165) is 6.54 Å². The van der Waals surface area contributed by atoms with Crippen molar-refractivity contribution in [1.29, 1.82) is 0 Å². The van der Waals surface area contributed by atoms with E-state index in [2.05, 4.69) is 42.6 Å². The van der Waals surface area contributed by atoms with Gasteiger partial charge in [-0.3, -0.25) is 0 Å². The first-order valence-corrected chi connectivity index (χ1v) is 3.62. The molecular formula is C9H11N. The summed E-state index contributed by atoms with van der Waals surface area (Å²) in [6, 6.07) is 10.6. The quantitative estimate of drug-likeness (QED) is 0.576. The van der Waals surface area contributed by atoms with Crippen LogP contribution in [0.5, 0.6) is 0 Å². The van der Waals surface area contributed by atoms with Gasteiger partial charge in [-0.25, -0.2) is 0 Å². The van der Waals surface area contributed by atoms with Crippen LogP contribution in [0.15, 0.2) is 30.3 Å². The van der Waals surface area contributed by atoms with Gasteiger partial charge in [0.1, 0.15) is 0 Å². The average Bonchev–Trinajstić information content (AvgIpc) is 2.72. The Morgan fingerprint density at radius 2 is 1.90 bits per heavy atom. The van der Waals surface area contributed by atoms with E-state index in [1.165, 1.54) is 5.56 Å². The predicted octanol–water partition coefficient (Wildman–Crippen LogP) is 1.50. The molecule has 0 saturated carbocycles. The minimum atomic E-state index is 0.293. The maximum Gasteiger partial charge on any atom is 0.0533 e. The van der Waals surface area contributed by atoms with Crippen LogP contribution < -0.4 is 5.32 Å². The molecule has 1 heteroatoms. The van der Waals surface area contributed by atoms with Crippen molar-refractivity contribution in [3.05, 3.63) is 35.9 Å². The highest BCUT2D eigenvalue weighted by molar-refractivity contribution is 5.29. The molecule has 1 aromatic rings. The van der Waals surface area contributed by atoms with Crippen molar-refractivity contribution in [1.82, 2.24) is 5.32 Å². The summed E-state index contributed by atoms with van der Waals surface area (Å²) >= 11 is 0. The van der Waals surface area contributed by atoms with Crippen LogP contribution in [0.4, 0.5) is 0 Å². The van der Waals surface area contributed by atoms with E-state index in [1.54, 1.807) is 0 Å². The van der Waals surface area contributed by atoms with Gasteiger partial charge < -0.3 is 5.32 Å². The predicted molar refractivity (Wildman–Crippen MR) is 41.8 cm³/mol. The average molecular weight is 133 g/mol. The first kappa shape index (κ1) is 5.93. The summed E-state index contributed by atoms with van der Waals surface area (Å²) in [7, 11) is 0. The highest BCUT2D eigenvalue weighted by Gasteiger charge is 2.37. The summed E-state index contributed by atoms with van der Waals surface area (Å²) < 4.78 is 0. The highest BCUT2D eigenvalue weighted by Crippen LogP contribution is 2.28. The van der Waals surface area contributed by atoms with Crippen molar-refractivity contribution in [2.45, 2.75) is 12.5 Å². The summed E-state index contributed by atoms with van der Waals surface area (Å²) in [4.78, 5) is 0. The number of nitrogens with one attached hydrogen (secondary N) is 1. The lowest BCUT2D eigenvalue weighted by Gasteiger charge is -2.04. The van der Waals surface area contributed by atoms with Crippen molar-refractivity contribution in [2.75, 3.05) is 6.54 Å². The van der Waals surface area contributed by atoms with E-state index >= 15 is 0 Å². The van der Waals surface area contributed by atoms with Crippen molar-refractivity contribution in [3.8, 4) is 0 Å². The molecular weight excluding hydrogens is 122 g/mol. The second kappa shape index (κ2) is 1.83. The fourth-order valence-electron chi connectivity index (χ4n) is 1.14. The van der Waals surface area contributed by atoms with Crippen LogP contribution in [0, 0.1) is 0 Å². The van der Waals surface area contributed by atoms with Crippen molar-refractivity contribution < 1.29 is 0 Å². The van der Waals surface area contributed by atoms with Gasteiger partial charge in [0.25, 0.3) is 0 Å². The second-order valence-corrected chi connectivity index (χ2v) is 3.05. The molecule has 10 heavy (non-hydrogen) atoms. The molecule has 0 radical (unpaired) electrons. The van der Waals surface area contributed by atoms with Crippen LogP contribution in [0.2, 0.25) is 0 Å². The van der Waals surface area contributed by atoms with Gasteiger partial charge in [0, 0.05) is 6.54 Å². The fraction of sp³-hybridized carbons (Fsp3) is 0.333. The molecule has 1 N–H and O–H groups in total. The van der Waals surface area contributed by atoms with E-state index in [1.807, 2.05) is 0 Å². The lowest BCUT2D eigenvalue weighted by Crippen LogP contribution is -2.05. The van der Waals surface area contributed by atoms with Crippen molar-refractivity contribution >= 4 is 0 Å². The van der Waals surface area contributed by atoms with E-state index in [-0.39, 0.29) is 0 Å². The van der Waals surface area contributed by atoms with Gasteiger partial charge >= 0.3 is 0 Å². The van der Waals surface area contributed by atoms with Gasteiger partial charge in [-0.2, -0.15) is 0 Å². The topological polar surface area (TPSA) is 21.9 Å². The van der Waals surface area contributed by atoms with Gasteiger partial charge in [-0.05, 0) is 12.5 Å². The third kappa shape index (κ3) is 0.830. The lowest BCUT2D eigenvalue weighted by molar-refractivity contribution is 0.764. The van der Waals surface area contributed by atoms with E-state index in [0.29, 0.717) is 5.54 Å². The molecule has 1 aromatic carbocycles. The minimum absolute atomic E-state index is 0.293. The van der Waals surface area contributed by atoms with E-state index < -0.39 is 0 Å². The first-order chi connectivity index (χ1) is 4.81. The van der Waals surface area contributed by atoms with Gasteiger partial charge in [-0.1, -0.05) is 30.3 Å². The Morgan fingerprint density at radius 3 is 2.40 bits per heavy atom. The second-order valence-electron chi connectivity index (χ2n) is 3.05. The Balaban J connectivity index is 2.35. The summed E-state index contributed by atoms with van der Waals surface area (Å²) in [5, 5.41) is 3.33. The third-order valence-corrected chi connectivity index (χ3v) is 2.12. The molecule has 1 saturated heterocycles. The Labute approximate surface area is 61.1 Å². The fourth-order valence-corrected chi connectivity index (χ4v) is 1.14. The van der Waals surface area contributed by atoms with Gasteiger partial charge in [-0.15, -0.1) is 0 Å². The summed E-state index contributed by atoms with van der Waals surface area (Å²) in [6.45, 7) is 3.35. The molecule has 1 nitrogen and oxygen atoms in total. The zero-order valence-electron chi connectivity index (χ0n) is 6.09. The van der Waals surface area contributed by atoms with Crippen molar-refractivity contribution in [2.24, 2.45) is 0 Å². The SMILES string of the molecule is CC1(c2ccccc2)CN1. The molecule has 1 aliphatic heterocycles. The Kier molecular flexibility index (Phi) is 1.08. The number of hydrogen-bond donors (Lipinski definition) is 1. The molecule has 52 valence electrons. The zero-order valence-corrected chi connectivity index (χ0v) is 6.09. The molecule has 1 aliphatic rings. The molecule has 0 bridgehead atoms. The van der Waals surface area contributed by atoms with E-state index in [9.17, 15) is 0 Å². The largest absolute Gasteiger partial charge is 0.304 e. The van der Waals surface area contributed by atoms with Crippen LogP contribution in [0.25, 0.3) is 0 Å². The first-order valence-electron chi connectivity index (χ1n) is 3.62. The van der Waals surface area contributed by atoms with Crippen molar-refractivity contribution in [3.63, 3.8) is 0 Å². The summed E-state index contributed by atoms with van der Waals surface area (Å²) in [5.41, 5.74) is 1.69. The lowest BCUT2D eigenvalue weighted by atomic mass is 10.0. The summed E-state index contributed by atoms with van der Waals surface area (Å²) in [5.74, 6) is 0. The molecule has 1 unspecified atom stereocenters. The van der Waals surface area contributed by atoms with Crippen LogP contribution >= 0.6 is 0 Å². The molecule has 0 spiro atoms. The van der Waals surface area contributed by atoms with Gasteiger partial charge in [0.15, 0.2) is 0 Å². The molecule has 1 heterocycles. The maximum absolute atomic E-state index is 3.33. The number of hydrogen-bond acceptors (Lipinski definition) is 1. The molecule has 0 aliphatic carbocycles. The molecule has 1 atom stereocenters. The summed E-state index contributed by atoms with van der Waals surface area (Å²) in [6.07, 6.45) is 0. The smallest absolute Gasteiger partial charge is 0.0533 e. The van der Waals surface area contributed by atoms with Crippen LogP contribution in [0.3, 0.4) is 0 Å². The molecule has 0 aromatic heterocycles. The van der Waals surface area contributed by atoms with E-state index in [4.69, 9.17) is 0 Å². The Morgan fingerprint density at radius 1 is 1.30 bits per heavy atom. The molecule has 2 rings (SSSR count). The van der Waals surface area contributed by atoms with Gasteiger partial charge in [0.2, 0.25) is 0 Å². The van der Waals surface area contributed by atoms with Crippen LogP contribution in [0.1, 0.15) is 12.5 Å².